The van der Waals surface area contributed by atoms with Gasteiger partial charge in [0.15, 0.2) is 0 Å². The zero-order valence-corrected chi connectivity index (χ0v) is 28.8. The zero-order valence-electron chi connectivity index (χ0n) is 28.8. The first-order valence-electron chi connectivity index (χ1n) is 17.9. The van der Waals surface area contributed by atoms with Gasteiger partial charge in [0.25, 0.3) is 0 Å². The molecule has 0 saturated carbocycles. The van der Waals surface area contributed by atoms with Crippen LogP contribution in [0.4, 0.5) is 17.1 Å². The van der Waals surface area contributed by atoms with Crippen LogP contribution in [0.5, 0.6) is 5.75 Å². The molecule has 1 heterocycles. The van der Waals surface area contributed by atoms with Crippen molar-refractivity contribution in [2.75, 3.05) is 4.90 Å². The molecule has 2 unspecified atom stereocenters. The van der Waals surface area contributed by atoms with Gasteiger partial charge in [-0.15, -0.1) is 0 Å². The highest BCUT2D eigenvalue weighted by Gasteiger charge is 2.38. The molecular formula is C49H37NO. The lowest BCUT2D eigenvalue weighted by molar-refractivity contribution is 0.278. The normalized spacial score (nSPS) is 17.6. The van der Waals surface area contributed by atoms with Crippen LogP contribution in [0.3, 0.4) is 0 Å². The average Bonchev–Trinajstić information content (AvgIpc) is 3.68. The molecule has 0 aromatic heterocycles. The Balaban J connectivity index is 1.06. The van der Waals surface area contributed by atoms with Crippen molar-refractivity contribution in [2.45, 2.75) is 31.3 Å². The van der Waals surface area contributed by atoms with Crippen LogP contribution in [-0.2, 0) is 5.41 Å². The highest BCUT2D eigenvalue weighted by Crippen LogP contribution is 2.52. The van der Waals surface area contributed by atoms with Gasteiger partial charge in [0.05, 0.1) is 0 Å². The Bertz CT molecular complexity index is 2540. The molecule has 7 aromatic carbocycles. The summed E-state index contributed by atoms with van der Waals surface area (Å²) >= 11 is 0. The maximum Gasteiger partial charge on any atom is 0.135 e. The number of benzene rings is 7. The Labute approximate surface area is 299 Å². The zero-order chi connectivity index (χ0) is 34.1. The predicted molar refractivity (Wildman–Crippen MR) is 212 cm³/mol. The van der Waals surface area contributed by atoms with Crippen molar-refractivity contribution in [1.82, 2.24) is 0 Å². The van der Waals surface area contributed by atoms with Crippen LogP contribution in [0.1, 0.15) is 42.0 Å². The number of hydrogen-bond acceptors (Lipinski definition) is 2. The fourth-order valence-corrected chi connectivity index (χ4v) is 8.72. The summed E-state index contributed by atoms with van der Waals surface area (Å²) in [5.41, 5.74) is 14.8. The second-order valence-electron chi connectivity index (χ2n) is 14.5. The Kier molecular flexibility index (Phi) is 6.69. The molecule has 0 spiro atoms. The fourth-order valence-electron chi connectivity index (χ4n) is 8.72. The average molecular weight is 656 g/mol. The maximum absolute atomic E-state index is 6.72. The second kappa shape index (κ2) is 11.5. The third-order valence-electron chi connectivity index (χ3n) is 11.2. The van der Waals surface area contributed by atoms with Gasteiger partial charge >= 0.3 is 0 Å². The minimum Gasteiger partial charge on any atom is -0.484 e. The molecule has 1 aliphatic heterocycles. The third kappa shape index (κ3) is 4.71. The lowest BCUT2D eigenvalue weighted by Gasteiger charge is -2.28. The molecule has 0 fully saturated rings. The maximum atomic E-state index is 6.72. The molecule has 0 radical (unpaired) electrons. The van der Waals surface area contributed by atoms with Crippen molar-refractivity contribution in [2.24, 2.45) is 0 Å². The van der Waals surface area contributed by atoms with Gasteiger partial charge in [-0.05, 0) is 92.2 Å². The molecule has 244 valence electrons. The van der Waals surface area contributed by atoms with Gasteiger partial charge in [0, 0.05) is 39.5 Å². The minimum atomic E-state index is -0.0551. The first-order valence-corrected chi connectivity index (χ1v) is 17.9. The fraction of sp³-hybridized carbons (Fsp3) is 0.102. The van der Waals surface area contributed by atoms with Gasteiger partial charge in [-0.2, -0.15) is 0 Å². The highest BCUT2D eigenvalue weighted by molar-refractivity contribution is 5.92. The van der Waals surface area contributed by atoms with Gasteiger partial charge < -0.3 is 9.64 Å². The van der Waals surface area contributed by atoms with Gasteiger partial charge in [0.1, 0.15) is 11.9 Å². The number of hydrogen-bond donors (Lipinski definition) is 0. The van der Waals surface area contributed by atoms with Gasteiger partial charge in [-0.1, -0.05) is 147 Å². The van der Waals surface area contributed by atoms with Crippen LogP contribution in [0, 0.1) is 0 Å². The van der Waals surface area contributed by atoms with Crippen molar-refractivity contribution < 1.29 is 4.74 Å². The highest BCUT2D eigenvalue weighted by atomic mass is 16.5. The van der Waals surface area contributed by atoms with Crippen molar-refractivity contribution in [1.29, 1.82) is 0 Å². The Hall–Kier alpha value is -6.12. The largest absolute Gasteiger partial charge is 0.484 e. The number of fused-ring (bicyclic) bond motifs is 8. The summed E-state index contributed by atoms with van der Waals surface area (Å²) in [6.45, 7) is 4.68. The Morgan fingerprint density at radius 3 is 2.16 bits per heavy atom. The van der Waals surface area contributed by atoms with E-state index in [2.05, 4.69) is 195 Å². The van der Waals surface area contributed by atoms with E-state index in [1.165, 1.54) is 60.9 Å². The molecule has 3 aliphatic rings. The first kappa shape index (κ1) is 29.8. The van der Waals surface area contributed by atoms with E-state index >= 15 is 0 Å². The van der Waals surface area contributed by atoms with Crippen molar-refractivity contribution in [3.05, 3.63) is 198 Å². The monoisotopic (exact) mass is 655 g/mol. The lowest BCUT2D eigenvalue weighted by atomic mass is 9.82. The first-order chi connectivity index (χ1) is 25.0. The summed E-state index contributed by atoms with van der Waals surface area (Å²) in [6.07, 6.45) is 6.68. The predicted octanol–water partition coefficient (Wildman–Crippen LogP) is 12.8. The summed E-state index contributed by atoms with van der Waals surface area (Å²) < 4.78 is 6.72. The van der Waals surface area contributed by atoms with Gasteiger partial charge in [0.2, 0.25) is 0 Å². The van der Waals surface area contributed by atoms with Crippen molar-refractivity contribution in [3.63, 3.8) is 0 Å². The summed E-state index contributed by atoms with van der Waals surface area (Å²) in [5, 5.41) is 2.53. The van der Waals surface area contributed by atoms with E-state index in [1.807, 2.05) is 0 Å². The Morgan fingerprint density at radius 2 is 1.27 bits per heavy atom. The molecule has 0 N–H and O–H groups in total. The summed E-state index contributed by atoms with van der Waals surface area (Å²) in [4.78, 5) is 2.40. The topological polar surface area (TPSA) is 12.5 Å². The number of allylic oxidation sites excluding steroid dienone is 2. The quantitative estimate of drug-likeness (QED) is 0.183. The molecule has 2 atom stereocenters. The van der Waals surface area contributed by atoms with Crippen LogP contribution in [-0.4, -0.2) is 6.10 Å². The van der Waals surface area contributed by atoms with E-state index < -0.39 is 0 Å². The van der Waals surface area contributed by atoms with Crippen LogP contribution in [0.25, 0.3) is 38.6 Å². The minimum absolute atomic E-state index is 0.0432. The van der Waals surface area contributed by atoms with Gasteiger partial charge in [-0.3, -0.25) is 0 Å². The molecule has 51 heavy (non-hydrogen) atoms. The van der Waals surface area contributed by atoms with E-state index in [9.17, 15) is 0 Å². The summed E-state index contributed by atoms with van der Waals surface area (Å²) in [5.74, 6) is 1.17. The number of ether oxygens (including phenoxy) is 1. The molecule has 0 amide bonds. The number of nitrogens with zero attached hydrogens (tertiary/aromatic N) is 1. The lowest BCUT2D eigenvalue weighted by Crippen LogP contribution is -2.21. The Morgan fingerprint density at radius 1 is 0.549 bits per heavy atom. The van der Waals surface area contributed by atoms with Crippen LogP contribution in [0.15, 0.2) is 176 Å². The van der Waals surface area contributed by atoms with Crippen molar-refractivity contribution in [3.8, 4) is 28.0 Å². The molecule has 0 saturated heterocycles. The molecule has 2 heteroatoms. The molecule has 10 rings (SSSR count). The van der Waals surface area contributed by atoms with Crippen LogP contribution < -0.4 is 9.64 Å². The van der Waals surface area contributed by atoms with Gasteiger partial charge in [-0.25, -0.2) is 0 Å². The SMILES string of the molecule is CC1(C)c2ccccc2-c2cc(N(c3ccc(C4=CC=CC5c6c(ccc7ccccc67)OC45)cc3)c3cccc(-c4ccccc4)c3)ccc21. The molecule has 2 nitrogen and oxygen atoms in total. The van der Waals surface area contributed by atoms with Crippen LogP contribution >= 0.6 is 0 Å². The number of anilines is 3. The second-order valence-corrected chi connectivity index (χ2v) is 14.5. The standard InChI is InChI=1S/C49H37NO/c1-49(2)44-21-9-8-18-41(44)43-31-38(27-28-45(43)49)50(37-16-10-15-35(30-37)32-12-4-3-5-13-32)36-25-22-34(23-26-36)40-19-11-20-42-47-39-17-7-6-14-33(39)24-29-46(47)51-48(40)42/h3-31,42,48H,1-2H3. The number of rotatable bonds is 5. The van der Waals surface area contributed by atoms with Crippen molar-refractivity contribution >= 4 is 33.4 Å². The molecular weight excluding hydrogens is 619 g/mol. The van der Waals surface area contributed by atoms with Crippen LogP contribution in [0.2, 0.25) is 0 Å². The van der Waals surface area contributed by atoms with E-state index in [0.717, 1.165) is 22.8 Å². The van der Waals surface area contributed by atoms with E-state index in [4.69, 9.17) is 4.74 Å². The summed E-state index contributed by atoms with van der Waals surface area (Å²) in [6, 6.07) is 57.4. The van der Waals surface area contributed by atoms with E-state index in [1.54, 1.807) is 0 Å². The summed E-state index contributed by atoms with van der Waals surface area (Å²) in [7, 11) is 0. The van der Waals surface area contributed by atoms with E-state index in [-0.39, 0.29) is 17.4 Å². The van der Waals surface area contributed by atoms with E-state index in [0.29, 0.717) is 0 Å². The molecule has 0 bridgehead atoms. The molecule has 7 aromatic rings. The smallest absolute Gasteiger partial charge is 0.135 e. The third-order valence-corrected chi connectivity index (χ3v) is 11.2. The molecule has 2 aliphatic carbocycles.